The number of nitrogens with zero attached hydrogens (tertiary/aromatic N) is 3. The Bertz CT molecular complexity index is 415. The van der Waals surface area contributed by atoms with Crippen LogP contribution in [0.5, 0.6) is 6.01 Å². The zero-order valence-corrected chi connectivity index (χ0v) is 11.6. The molecule has 0 aliphatic carbocycles. The SMILES string of the molecule is CCCOc1nc(NC)nc(NC2CCOC2C)n1. The molecule has 2 atom stereocenters. The Kier molecular flexibility index (Phi) is 4.73. The lowest BCUT2D eigenvalue weighted by molar-refractivity contribution is 0.121. The summed E-state index contributed by atoms with van der Waals surface area (Å²) in [6.45, 7) is 5.44. The van der Waals surface area contributed by atoms with Crippen LogP contribution in [0.1, 0.15) is 26.7 Å². The van der Waals surface area contributed by atoms with E-state index in [-0.39, 0.29) is 12.1 Å². The lowest BCUT2D eigenvalue weighted by Gasteiger charge is -2.16. The minimum Gasteiger partial charge on any atom is -0.463 e. The van der Waals surface area contributed by atoms with E-state index in [1.165, 1.54) is 0 Å². The van der Waals surface area contributed by atoms with Crippen LogP contribution < -0.4 is 15.4 Å². The third kappa shape index (κ3) is 3.66. The van der Waals surface area contributed by atoms with Gasteiger partial charge >= 0.3 is 6.01 Å². The second-order valence-corrected chi connectivity index (χ2v) is 4.48. The molecule has 1 aromatic rings. The van der Waals surface area contributed by atoms with Crippen molar-refractivity contribution in [3.8, 4) is 6.01 Å². The van der Waals surface area contributed by atoms with Crippen molar-refractivity contribution < 1.29 is 9.47 Å². The Morgan fingerprint density at radius 2 is 2.11 bits per heavy atom. The number of aromatic nitrogens is 3. The van der Waals surface area contributed by atoms with Gasteiger partial charge < -0.3 is 20.1 Å². The first-order chi connectivity index (χ1) is 9.22. The number of rotatable bonds is 6. The number of hydrogen-bond acceptors (Lipinski definition) is 7. The molecule has 1 aliphatic heterocycles. The van der Waals surface area contributed by atoms with Crippen molar-refractivity contribution in [3.63, 3.8) is 0 Å². The maximum Gasteiger partial charge on any atom is 0.323 e. The van der Waals surface area contributed by atoms with Gasteiger partial charge in [0.15, 0.2) is 0 Å². The molecule has 0 aromatic carbocycles. The Hall–Kier alpha value is -1.63. The highest BCUT2D eigenvalue weighted by atomic mass is 16.5. The molecule has 2 N–H and O–H groups in total. The Labute approximate surface area is 113 Å². The van der Waals surface area contributed by atoms with Gasteiger partial charge in [-0.15, -0.1) is 0 Å². The highest BCUT2D eigenvalue weighted by Gasteiger charge is 2.25. The second-order valence-electron chi connectivity index (χ2n) is 4.48. The van der Waals surface area contributed by atoms with E-state index in [0.29, 0.717) is 24.5 Å². The Morgan fingerprint density at radius 3 is 2.74 bits per heavy atom. The minimum absolute atomic E-state index is 0.162. The molecule has 2 heterocycles. The minimum atomic E-state index is 0.162. The van der Waals surface area contributed by atoms with Crippen LogP contribution in [0, 0.1) is 0 Å². The van der Waals surface area contributed by atoms with Gasteiger partial charge in [0.1, 0.15) is 0 Å². The van der Waals surface area contributed by atoms with Crippen LogP contribution in [-0.2, 0) is 4.74 Å². The van der Waals surface area contributed by atoms with Gasteiger partial charge in [-0.3, -0.25) is 0 Å². The van der Waals surface area contributed by atoms with Crippen molar-refractivity contribution in [2.24, 2.45) is 0 Å². The quantitative estimate of drug-likeness (QED) is 0.803. The summed E-state index contributed by atoms with van der Waals surface area (Å²) in [5, 5.41) is 6.18. The van der Waals surface area contributed by atoms with E-state index in [0.717, 1.165) is 19.4 Å². The van der Waals surface area contributed by atoms with Crippen molar-refractivity contribution >= 4 is 11.9 Å². The summed E-state index contributed by atoms with van der Waals surface area (Å²) in [6, 6.07) is 0.571. The predicted octanol–water partition coefficient (Wildman–Crippen LogP) is 1.29. The zero-order chi connectivity index (χ0) is 13.7. The molecule has 0 radical (unpaired) electrons. The molecule has 19 heavy (non-hydrogen) atoms. The zero-order valence-electron chi connectivity index (χ0n) is 11.6. The summed E-state index contributed by atoms with van der Waals surface area (Å²) in [5.41, 5.74) is 0. The largest absolute Gasteiger partial charge is 0.463 e. The van der Waals surface area contributed by atoms with E-state index in [1.807, 2.05) is 13.8 Å². The average molecular weight is 267 g/mol. The second kappa shape index (κ2) is 6.51. The molecule has 2 unspecified atom stereocenters. The molecule has 1 aliphatic rings. The molecular formula is C12H21N5O2. The molecule has 0 spiro atoms. The first-order valence-corrected chi connectivity index (χ1v) is 6.67. The standard InChI is InChI=1S/C12H21N5O2/c1-4-6-19-12-16-10(13-3)15-11(17-12)14-9-5-7-18-8(9)2/h8-9H,4-7H2,1-3H3,(H2,13,14,15,16,17). The van der Waals surface area contributed by atoms with E-state index < -0.39 is 0 Å². The average Bonchev–Trinajstić information content (AvgIpc) is 2.81. The van der Waals surface area contributed by atoms with Crippen LogP contribution >= 0.6 is 0 Å². The highest BCUT2D eigenvalue weighted by molar-refractivity contribution is 5.36. The fraction of sp³-hybridized carbons (Fsp3) is 0.750. The van der Waals surface area contributed by atoms with Crippen LogP contribution in [0.3, 0.4) is 0 Å². The normalized spacial score (nSPS) is 22.3. The van der Waals surface area contributed by atoms with Crippen molar-refractivity contribution in [1.29, 1.82) is 0 Å². The predicted molar refractivity (Wildman–Crippen MR) is 72.6 cm³/mol. The molecular weight excluding hydrogens is 246 g/mol. The Balaban J connectivity index is 2.09. The summed E-state index contributed by atoms with van der Waals surface area (Å²) in [4.78, 5) is 12.7. The molecule has 0 saturated carbocycles. The lowest BCUT2D eigenvalue weighted by Crippen LogP contribution is -2.28. The van der Waals surface area contributed by atoms with E-state index >= 15 is 0 Å². The van der Waals surface area contributed by atoms with Gasteiger partial charge in [-0.05, 0) is 19.8 Å². The van der Waals surface area contributed by atoms with E-state index in [4.69, 9.17) is 9.47 Å². The lowest BCUT2D eigenvalue weighted by atomic mass is 10.2. The van der Waals surface area contributed by atoms with Crippen molar-refractivity contribution in [1.82, 2.24) is 15.0 Å². The first kappa shape index (κ1) is 13.8. The van der Waals surface area contributed by atoms with E-state index in [1.54, 1.807) is 7.05 Å². The molecule has 1 aromatic heterocycles. The number of anilines is 2. The monoisotopic (exact) mass is 267 g/mol. The summed E-state index contributed by atoms with van der Waals surface area (Å²) in [7, 11) is 1.77. The molecule has 0 amide bonds. The fourth-order valence-electron chi connectivity index (χ4n) is 1.88. The van der Waals surface area contributed by atoms with Gasteiger partial charge in [0, 0.05) is 13.7 Å². The van der Waals surface area contributed by atoms with Gasteiger partial charge in [0.05, 0.1) is 18.8 Å². The van der Waals surface area contributed by atoms with Crippen molar-refractivity contribution in [3.05, 3.63) is 0 Å². The summed E-state index contributed by atoms with van der Waals surface area (Å²) in [6.07, 6.45) is 2.03. The maximum atomic E-state index is 5.51. The van der Waals surface area contributed by atoms with Gasteiger partial charge in [0.2, 0.25) is 11.9 Å². The molecule has 0 bridgehead atoms. The number of nitrogens with one attached hydrogen (secondary N) is 2. The van der Waals surface area contributed by atoms with E-state index in [2.05, 4.69) is 25.6 Å². The fourth-order valence-corrected chi connectivity index (χ4v) is 1.88. The molecule has 2 rings (SSSR count). The Morgan fingerprint density at radius 1 is 1.32 bits per heavy atom. The van der Waals surface area contributed by atoms with Crippen LogP contribution in [0.25, 0.3) is 0 Å². The molecule has 1 saturated heterocycles. The summed E-state index contributed by atoms with van der Waals surface area (Å²) in [5.74, 6) is 1.02. The smallest absolute Gasteiger partial charge is 0.323 e. The third-order valence-electron chi connectivity index (χ3n) is 2.96. The number of ether oxygens (including phenoxy) is 2. The van der Waals surface area contributed by atoms with Gasteiger partial charge in [-0.2, -0.15) is 15.0 Å². The van der Waals surface area contributed by atoms with E-state index in [9.17, 15) is 0 Å². The summed E-state index contributed by atoms with van der Waals surface area (Å²) < 4.78 is 11.0. The maximum absolute atomic E-state index is 5.51. The van der Waals surface area contributed by atoms with Gasteiger partial charge in [-0.25, -0.2) is 0 Å². The van der Waals surface area contributed by atoms with Crippen LogP contribution in [0.15, 0.2) is 0 Å². The van der Waals surface area contributed by atoms with Crippen molar-refractivity contribution in [2.45, 2.75) is 38.8 Å². The number of hydrogen-bond donors (Lipinski definition) is 2. The van der Waals surface area contributed by atoms with Gasteiger partial charge in [-0.1, -0.05) is 6.92 Å². The van der Waals surface area contributed by atoms with Crippen LogP contribution in [0.2, 0.25) is 0 Å². The van der Waals surface area contributed by atoms with Crippen molar-refractivity contribution in [2.75, 3.05) is 30.9 Å². The first-order valence-electron chi connectivity index (χ1n) is 6.67. The topological polar surface area (TPSA) is 81.2 Å². The summed E-state index contributed by atoms with van der Waals surface area (Å²) >= 11 is 0. The molecule has 106 valence electrons. The highest BCUT2D eigenvalue weighted by Crippen LogP contribution is 2.18. The third-order valence-corrected chi connectivity index (χ3v) is 2.96. The van der Waals surface area contributed by atoms with Crippen LogP contribution in [-0.4, -0.2) is 47.4 Å². The molecule has 1 fully saturated rings. The van der Waals surface area contributed by atoms with Gasteiger partial charge in [0.25, 0.3) is 0 Å². The van der Waals surface area contributed by atoms with Crippen LogP contribution in [0.4, 0.5) is 11.9 Å². The molecule has 7 nitrogen and oxygen atoms in total. The molecule has 7 heteroatoms.